The number of aliphatic hydroxyl groups is 2. The van der Waals surface area contributed by atoms with Crippen molar-refractivity contribution in [2.24, 2.45) is 41.4 Å². The average molecular weight is 894 g/mol. The summed E-state index contributed by atoms with van der Waals surface area (Å²) in [6, 6.07) is 4.55. The molecule has 5 heterocycles. The van der Waals surface area contributed by atoms with E-state index in [2.05, 4.69) is 12.2 Å². The molecular formula is C49H73FNNaO11. The topological polar surface area (TPSA) is 173 Å². The van der Waals surface area contributed by atoms with Crippen LogP contribution in [0.4, 0.5) is 4.39 Å². The number of hydrogen-bond donors (Lipinski definition) is 3. The maximum atomic E-state index is 14.7. The monoisotopic (exact) mass is 894 g/mol. The smallest absolute Gasteiger partial charge is 0.550 e. The van der Waals surface area contributed by atoms with Gasteiger partial charge in [0.05, 0.1) is 47.8 Å². The molecule has 0 bridgehead atoms. The van der Waals surface area contributed by atoms with E-state index in [1.54, 1.807) is 13.8 Å². The molecular weight excluding hydrogens is 821 g/mol. The van der Waals surface area contributed by atoms with Gasteiger partial charge in [0.1, 0.15) is 17.6 Å². The second-order valence-corrected chi connectivity index (χ2v) is 19.9. The van der Waals surface area contributed by atoms with Crippen LogP contribution >= 0.6 is 0 Å². The van der Waals surface area contributed by atoms with Crippen molar-refractivity contribution in [3.63, 3.8) is 0 Å². The molecule has 4 fully saturated rings. The number of nitrogens with one attached hydrogen (secondary N) is 1. The molecule has 5 aliphatic rings. The summed E-state index contributed by atoms with van der Waals surface area (Å²) in [6.45, 7) is 19.4. The molecule has 3 N–H and O–H groups in total. The molecule has 6 rings (SSSR count). The Hall–Kier alpha value is -1.78. The minimum atomic E-state index is -1.42. The molecule has 0 saturated carbocycles. The van der Waals surface area contributed by atoms with E-state index in [1.807, 2.05) is 60.6 Å². The number of amides is 1. The normalized spacial score (nSPS) is 40.4. The van der Waals surface area contributed by atoms with Crippen LogP contribution in [0.1, 0.15) is 144 Å². The second-order valence-electron chi connectivity index (χ2n) is 19.9. The molecule has 14 heteroatoms. The minimum Gasteiger partial charge on any atom is -0.550 e. The molecule has 0 aromatic heterocycles. The number of carboxylic acids is 1. The Kier molecular flexibility index (Phi) is 17.1. The average Bonchev–Trinajstić information content (AvgIpc) is 3.58. The predicted molar refractivity (Wildman–Crippen MR) is 228 cm³/mol. The summed E-state index contributed by atoms with van der Waals surface area (Å²) in [5.74, 6) is -7.69. The van der Waals surface area contributed by atoms with Crippen molar-refractivity contribution in [3.05, 3.63) is 47.8 Å². The quantitative estimate of drug-likeness (QED) is 0.185. The number of halogens is 1. The summed E-state index contributed by atoms with van der Waals surface area (Å²) in [7, 11) is 0. The maximum Gasteiger partial charge on any atom is 1.00 e. The van der Waals surface area contributed by atoms with Gasteiger partial charge in [0.2, 0.25) is 0 Å². The van der Waals surface area contributed by atoms with Crippen LogP contribution in [0.25, 0.3) is 0 Å². The Morgan fingerprint density at radius 3 is 2.17 bits per heavy atom. The number of rotatable bonds is 14. The largest absolute Gasteiger partial charge is 1.00 e. The molecule has 5 aliphatic heterocycles. The van der Waals surface area contributed by atoms with Gasteiger partial charge < -0.3 is 49.1 Å². The van der Waals surface area contributed by atoms with E-state index in [9.17, 15) is 34.1 Å². The number of benzene rings is 1. The van der Waals surface area contributed by atoms with Crippen LogP contribution in [0.2, 0.25) is 0 Å². The van der Waals surface area contributed by atoms with E-state index in [-0.39, 0.29) is 64.8 Å². The van der Waals surface area contributed by atoms with Crippen LogP contribution in [0, 0.1) is 47.2 Å². The van der Waals surface area contributed by atoms with Gasteiger partial charge in [-0.2, -0.15) is 0 Å². The number of aliphatic carboxylic acids is 1. The number of Topliss-reactive ketones (excluding diaryl/α,β-unsaturated/α-hetero) is 1. The van der Waals surface area contributed by atoms with Gasteiger partial charge in [-0.15, -0.1) is 0 Å². The standard InChI is InChI=1S/C49H74FNO11.Na/c1-11-35(45(55)56)37-19-14-27(4)42(59-37)31(8)40(52)30(7)41(53)36(12-2)43-28(5)26-29(6)48(60-43)23-20-38(51-44(54)33-15-17-34(50)18-16-33)49(62-48)25-24-46(10,61-49)39-21-22-47(57,13-3)32(9)58-39;/h15-18,20,23,27-32,35-40,42-43,52,57H,11-14,19,21-22,24-26H2,1-10H3,(H,51,54)(H,55,56);/q;+1/p-1/t27-,28-,29+,30-,31-,32-,35+,36-,37+,38-,39+,40+,42+,43-,46-,47+,48-,49-;/m0./s1. The van der Waals surface area contributed by atoms with Crippen LogP contribution in [-0.2, 0) is 33.3 Å². The molecule has 2 spiro atoms. The predicted octanol–water partition coefficient (Wildman–Crippen LogP) is 3.43. The molecule has 0 radical (unpaired) electrons. The zero-order valence-electron chi connectivity index (χ0n) is 39.6. The molecule has 1 aromatic rings. The zero-order valence-corrected chi connectivity index (χ0v) is 41.6. The fourth-order valence-corrected chi connectivity index (χ4v) is 11.5. The van der Waals surface area contributed by atoms with Crippen LogP contribution in [0.3, 0.4) is 0 Å². The molecule has 18 atom stereocenters. The third-order valence-electron chi connectivity index (χ3n) is 15.9. The Morgan fingerprint density at radius 2 is 1.57 bits per heavy atom. The molecule has 0 aliphatic carbocycles. The first-order valence-electron chi connectivity index (χ1n) is 23.5. The van der Waals surface area contributed by atoms with Crippen molar-refractivity contribution in [2.45, 2.75) is 199 Å². The van der Waals surface area contributed by atoms with E-state index in [1.165, 1.54) is 24.3 Å². The van der Waals surface area contributed by atoms with Gasteiger partial charge in [-0.05, 0) is 114 Å². The number of carboxylic acid groups (broad SMARTS) is 1. The number of carbonyl (C=O) groups is 3. The summed E-state index contributed by atoms with van der Waals surface area (Å²) in [5.41, 5.74) is -1.52. The first-order valence-corrected chi connectivity index (χ1v) is 23.5. The number of aliphatic hydroxyl groups excluding tert-OH is 1. The number of ether oxygens (including phenoxy) is 5. The van der Waals surface area contributed by atoms with Gasteiger partial charge in [0, 0.05) is 47.5 Å². The number of hydrogen-bond acceptors (Lipinski definition) is 11. The summed E-state index contributed by atoms with van der Waals surface area (Å²) >= 11 is 0. The van der Waals surface area contributed by atoms with E-state index >= 15 is 0 Å². The molecule has 12 nitrogen and oxygen atoms in total. The van der Waals surface area contributed by atoms with Crippen molar-refractivity contribution < 1.29 is 87.3 Å². The third kappa shape index (κ3) is 10.4. The zero-order chi connectivity index (χ0) is 45.5. The molecule has 1 aromatic carbocycles. The first-order chi connectivity index (χ1) is 29.2. The first kappa shape index (κ1) is 52.2. The molecule has 1 amide bonds. The third-order valence-corrected chi connectivity index (χ3v) is 15.9. The van der Waals surface area contributed by atoms with Crippen molar-refractivity contribution >= 4 is 17.7 Å². The fourth-order valence-electron chi connectivity index (χ4n) is 11.5. The summed E-state index contributed by atoms with van der Waals surface area (Å²) in [5, 5.41) is 38.1. The van der Waals surface area contributed by atoms with Crippen LogP contribution in [0.5, 0.6) is 0 Å². The van der Waals surface area contributed by atoms with Crippen LogP contribution < -0.4 is 40.0 Å². The summed E-state index contributed by atoms with van der Waals surface area (Å²) in [4.78, 5) is 40.3. The van der Waals surface area contributed by atoms with Crippen LogP contribution in [-0.4, -0.2) is 93.3 Å². The van der Waals surface area contributed by atoms with Gasteiger partial charge in [-0.25, -0.2) is 4.39 Å². The molecule has 348 valence electrons. The fraction of sp³-hybridized carbons (Fsp3) is 0.776. The van der Waals surface area contributed by atoms with Crippen molar-refractivity contribution in [1.29, 1.82) is 0 Å². The Bertz CT molecular complexity index is 1780. The Labute approximate surface area is 396 Å². The van der Waals surface area contributed by atoms with Crippen molar-refractivity contribution in [1.82, 2.24) is 5.32 Å². The SMILES string of the molecule is CC[C@@H](C(=O)[C@@H](C)[C@@H](O)[C@H](C)[C@@H]1O[C@@H]([C@@H](CC)C(=O)[O-])CC[C@@H]1C)[C@H]1O[C@]2(C=C[C@H](NC(=O)c3ccc(F)cc3)[C@]3(CC[C@@](C)([C@H]4CC[C@](O)(CC)[C@H](C)O4)O3)O2)[C@H](C)C[C@@H]1C.[Na+]. The van der Waals surface area contributed by atoms with Gasteiger partial charge in [-0.1, -0.05) is 61.5 Å². The van der Waals surface area contributed by atoms with Crippen LogP contribution in [0.15, 0.2) is 36.4 Å². The van der Waals surface area contributed by atoms with Gasteiger partial charge in [-0.3, -0.25) is 9.59 Å². The van der Waals surface area contributed by atoms with Crippen molar-refractivity contribution in [3.8, 4) is 0 Å². The minimum absolute atomic E-state index is 0. The Balaban J connectivity index is 0.00000748. The Morgan fingerprint density at radius 1 is 0.905 bits per heavy atom. The van der Waals surface area contributed by atoms with Gasteiger partial charge >= 0.3 is 29.6 Å². The number of ketones is 1. The van der Waals surface area contributed by atoms with Crippen molar-refractivity contribution in [2.75, 3.05) is 0 Å². The summed E-state index contributed by atoms with van der Waals surface area (Å²) < 4.78 is 48.2. The molecule has 4 saturated heterocycles. The summed E-state index contributed by atoms with van der Waals surface area (Å²) in [6.07, 6.45) is 5.68. The number of carbonyl (C=O) groups excluding carboxylic acids is 3. The van der Waals surface area contributed by atoms with Gasteiger partial charge in [0.25, 0.3) is 5.91 Å². The van der Waals surface area contributed by atoms with E-state index in [0.29, 0.717) is 57.8 Å². The van der Waals surface area contributed by atoms with E-state index in [4.69, 9.17) is 23.7 Å². The second kappa shape index (κ2) is 20.6. The molecule has 63 heavy (non-hydrogen) atoms. The molecule has 0 unspecified atom stereocenters. The maximum absolute atomic E-state index is 14.7. The van der Waals surface area contributed by atoms with Gasteiger partial charge in [0.15, 0.2) is 11.6 Å². The van der Waals surface area contributed by atoms with E-state index < -0.39 is 101 Å². The van der Waals surface area contributed by atoms with E-state index in [0.717, 1.165) is 6.42 Å².